The monoisotopic (exact) mass is 321 g/mol. The summed E-state index contributed by atoms with van der Waals surface area (Å²) in [7, 11) is 4.04. The van der Waals surface area contributed by atoms with Gasteiger partial charge < -0.3 is 16.0 Å². The molecule has 0 saturated heterocycles. The smallest absolute Gasteiger partial charge is 0.241 e. The van der Waals surface area contributed by atoms with Crippen molar-refractivity contribution in [3.05, 3.63) is 33.6 Å². The number of aromatic nitrogens is 2. The fourth-order valence-corrected chi connectivity index (χ4v) is 3.45. The van der Waals surface area contributed by atoms with Crippen molar-refractivity contribution in [1.29, 1.82) is 0 Å². The fraction of sp³-hybridized carbons (Fsp3) is 0.467. The molecule has 2 rings (SSSR count). The molecule has 22 heavy (non-hydrogen) atoms. The second-order valence-electron chi connectivity index (χ2n) is 5.62. The quantitative estimate of drug-likeness (QED) is 0.846. The normalized spacial score (nSPS) is 12.6. The van der Waals surface area contributed by atoms with Gasteiger partial charge in [-0.2, -0.15) is 5.10 Å². The Bertz CT molecular complexity index is 646. The number of thiophene rings is 1. The Hall–Kier alpha value is -1.86. The number of nitrogen functional groups attached to an aromatic ring is 1. The molecular weight excluding hydrogens is 298 g/mol. The van der Waals surface area contributed by atoms with E-state index in [1.54, 1.807) is 17.4 Å². The van der Waals surface area contributed by atoms with Crippen LogP contribution in [0.15, 0.2) is 17.5 Å². The summed E-state index contributed by atoms with van der Waals surface area (Å²) in [6.07, 6.45) is 0. The molecule has 0 spiro atoms. The van der Waals surface area contributed by atoms with E-state index < -0.39 is 0 Å². The highest BCUT2D eigenvalue weighted by Crippen LogP contribution is 2.26. The van der Waals surface area contributed by atoms with E-state index in [2.05, 4.69) is 33.7 Å². The molecule has 1 amide bonds. The molecule has 0 aliphatic carbocycles. The zero-order valence-electron chi connectivity index (χ0n) is 13.5. The zero-order chi connectivity index (χ0) is 16.3. The highest BCUT2D eigenvalue weighted by molar-refractivity contribution is 7.10. The van der Waals surface area contributed by atoms with E-state index in [0.29, 0.717) is 12.4 Å². The lowest BCUT2D eigenvalue weighted by atomic mass is 10.1. The van der Waals surface area contributed by atoms with Crippen LogP contribution in [0.5, 0.6) is 0 Å². The van der Waals surface area contributed by atoms with Crippen LogP contribution in [0.2, 0.25) is 0 Å². The summed E-state index contributed by atoms with van der Waals surface area (Å²) in [6, 6.07) is 4.02. The van der Waals surface area contributed by atoms with Gasteiger partial charge in [0, 0.05) is 17.5 Å². The summed E-state index contributed by atoms with van der Waals surface area (Å²) >= 11 is 1.72. The van der Waals surface area contributed by atoms with E-state index in [1.165, 1.54) is 15.1 Å². The van der Waals surface area contributed by atoms with E-state index in [-0.39, 0.29) is 18.5 Å². The van der Waals surface area contributed by atoms with E-state index in [0.717, 1.165) is 5.69 Å². The maximum atomic E-state index is 12.1. The van der Waals surface area contributed by atoms with Crippen LogP contribution in [-0.4, -0.2) is 41.2 Å². The lowest BCUT2D eigenvalue weighted by Crippen LogP contribution is -2.36. The van der Waals surface area contributed by atoms with Gasteiger partial charge in [-0.25, -0.2) is 4.68 Å². The Morgan fingerprint density at radius 2 is 2.23 bits per heavy atom. The van der Waals surface area contributed by atoms with Gasteiger partial charge in [0.1, 0.15) is 12.4 Å². The van der Waals surface area contributed by atoms with Crippen LogP contribution in [0, 0.1) is 13.8 Å². The fourth-order valence-electron chi connectivity index (χ4n) is 2.33. The molecule has 1 atom stereocenters. The molecule has 2 aromatic heterocycles. The van der Waals surface area contributed by atoms with Crippen molar-refractivity contribution in [2.75, 3.05) is 26.4 Å². The lowest BCUT2D eigenvalue weighted by molar-refractivity contribution is -0.122. The van der Waals surface area contributed by atoms with Crippen LogP contribution in [0.4, 0.5) is 5.82 Å². The number of carbonyl (C=O) groups is 1. The summed E-state index contributed by atoms with van der Waals surface area (Å²) in [4.78, 5) is 15.5. The molecule has 2 heterocycles. The minimum atomic E-state index is -0.0872. The number of nitrogens with zero attached hydrogens (tertiary/aromatic N) is 3. The van der Waals surface area contributed by atoms with Crippen molar-refractivity contribution in [1.82, 2.24) is 20.0 Å². The third-order valence-electron chi connectivity index (χ3n) is 3.55. The van der Waals surface area contributed by atoms with Crippen molar-refractivity contribution < 1.29 is 4.79 Å². The number of hydrogen-bond acceptors (Lipinski definition) is 5. The van der Waals surface area contributed by atoms with Crippen LogP contribution in [0.25, 0.3) is 0 Å². The van der Waals surface area contributed by atoms with E-state index >= 15 is 0 Å². The minimum absolute atomic E-state index is 0.0872. The van der Waals surface area contributed by atoms with Crippen molar-refractivity contribution in [3.8, 4) is 0 Å². The highest BCUT2D eigenvalue weighted by atomic mass is 32.1. The van der Waals surface area contributed by atoms with Gasteiger partial charge in [-0.3, -0.25) is 4.79 Å². The van der Waals surface area contributed by atoms with Crippen LogP contribution >= 0.6 is 11.3 Å². The Labute approximate surface area is 134 Å². The predicted octanol–water partition coefficient (Wildman–Crippen LogP) is 1.56. The van der Waals surface area contributed by atoms with Crippen LogP contribution in [0.3, 0.4) is 0 Å². The number of nitrogens with two attached hydrogens (primary N) is 1. The topological polar surface area (TPSA) is 76.2 Å². The van der Waals surface area contributed by atoms with Crippen molar-refractivity contribution in [3.63, 3.8) is 0 Å². The van der Waals surface area contributed by atoms with Gasteiger partial charge in [-0.05, 0) is 45.0 Å². The maximum Gasteiger partial charge on any atom is 0.241 e. The molecule has 0 fully saturated rings. The summed E-state index contributed by atoms with van der Waals surface area (Å²) < 4.78 is 1.52. The van der Waals surface area contributed by atoms with Crippen molar-refractivity contribution >= 4 is 23.1 Å². The van der Waals surface area contributed by atoms with Crippen molar-refractivity contribution in [2.45, 2.75) is 26.4 Å². The number of aryl methyl sites for hydroxylation is 2. The minimum Gasteiger partial charge on any atom is -0.384 e. The molecule has 3 N–H and O–H groups in total. The Morgan fingerprint density at radius 1 is 1.50 bits per heavy atom. The second kappa shape index (κ2) is 6.93. The second-order valence-corrected chi connectivity index (χ2v) is 6.57. The molecule has 0 aromatic carbocycles. The molecule has 1 unspecified atom stereocenters. The number of anilines is 1. The van der Waals surface area contributed by atoms with Gasteiger partial charge in [-0.1, -0.05) is 0 Å². The molecule has 0 radical (unpaired) electrons. The predicted molar refractivity (Wildman–Crippen MR) is 89.9 cm³/mol. The molecule has 0 aliphatic heterocycles. The van der Waals surface area contributed by atoms with Crippen LogP contribution < -0.4 is 11.1 Å². The third-order valence-corrected chi connectivity index (χ3v) is 4.67. The maximum absolute atomic E-state index is 12.1. The first-order chi connectivity index (χ1) is 10.4. The summed E-state index contributed by atoms with van der Waals surface area (Å²) in [5, 5.41) is 9.25. The third kappa shape index (κ3) is 3.86. The highest BCUT2D eigenvalue weighted by Gasteiger charge is 2.18. The average Bonchev–Trinajstić information content (AvgIpc) is 2.96. The summed E-state index contributed by atoms with van der Waals surface area (Å²) in [5.74, 6) is 0.418. The van der Waals surface area contributed by atoms with Gasteiger partial charge in [0.25, 0.3) is 0 Å². The Morgan fingerprint density at radius 3 is 2.73 bits per heavy atom. The Balaban J connectivity index is 1.96. The Kier molecular flexibility index (Phi) is 5.20. The van der Waals surface area contributed by atoms with Crippen LogP contribution in [-0.2, 0) is 11.3 Å². The van der Waals surface area contributed by atoms with Crippen molar-refractivity contribution in [2.24, 2.45) is 0 Å². The first kappa shape index (κ1) is 16.5. The van der Waals surface area contributed by atoms with E-state index in [9.17, 15) is 4.79 Å². The molecule has 7 heteroatoms. The molecule has 2 aromatic rings. The first-order valence-electron chi connectivity index (χ1n) is 7.15. The summed E-state index contributed by atoms with van der Waals surface area (Å²) in [5.41, 5.74) is 7.87. The molecule has 6 nitrogen and oxygen atoms in total. The molecular formula is C15H23N5OS. The number of carbonyl (C=O) groups excluding carboxylic acids is 1. The van der Waals surface area contributed by atoms with Gasteiger partial charge >= 0.3 is 0 Å². The molecule has 120 valence electrons. The SMILES string of the molecule is Cc1cc(N)n(CC(=O)NCC(c2sccc2C)N(C)C)n1. The van der Waals surface area contributed by atoms with Gasteiger partial charge in [-0.15, -0.1) is 11.3 Å². The van der Waals surface area contributed by atoms with Crippen LogP contribution in [0.1, 0.15) is 22.2 Å². The standard InChI is InChI=1S/C15H23N5OS/c1-10-5-6-22-15(10)12(19(3)4)8-17-14(21)9-20-13(16)7-11(2)18-20/h5-7,12H,8-9,16H2,1-4H3,(H,17,21). The average molecular weight is 321 g/mol. The number of rotatable bonds is 6. The molecule has 0 aliphatic rings. The molecule has 0 saturated carbocycles. The van der Waals surface area contributed by atoms with Gasteiger partial charge in [0.2, 0.25) is 5.91 Å². The number of likely N-dealkylation sites (N-methyl/N-ethyl adjacent to an activating group) is 1. The number of hydrogen-bond donors (Lipinski definition) is 2. The largest absolute Gasteiger partial charge is 0.384 e. The number of amides is 1. The zero-order valence-corrected chi connectivity index (χ0v) is 14.3. The summed E-state index contributed by atoms with van der Waals surface area (Å²) in [6.45, 7) is 4.65. The molecule has 0 bridgehead atoms. The van der Waals surface area contributed by atoms with Gasteiger partial charge in [0.15, 0.2) is 0 Å². The lowest BCUT2D eigenvalue weighted by Gasteiger charge is -2.24. The van der Waals surface area contributed by atoms with E-state index in [4.69, 9.17) is 5.73 Å². The number of nitrogens with one attached hydrogen (secondary N) is 1. The van der Waals surface area contributed by atoms with E-state index in [1.807, 2.05) is 21.0 Å². The van der Waals surface area contributed by atoms with Gasteiger partial charge in [0.05, 0.1) is 11.7 Å². The first-order valence-corrected chi connectivity index (χ1v) is 8.03.